The summed E-state index contributed by atoms with van der Waals surface area (Å²) in [5, 5.41) is 9.85. The van der Waals surface area contributed by atoms with E-state index in [9.17, 15) is 14.7 Å². The Labute approximate surface area is 133 Å². The summed E-state index contributed by atoms with van der Waals surface area (Å²) in [5.74, 6) is -0.433. The molecule has 114 valence electrons. The van der Waals surface area contributed by atoms with Gasteiger partial charge in [-0.3, -0.25) is 4.79 Å². The van der Waals surface area contributed by atoms with Gasteiger partial charge in [-0.05, 0) is 23.6 Å². The third kappa shape index (κ3) is 3.52. The van der Waals surface area contributed by atoms with E-state index < -0.39 is 12.0 Å². The Bertz CT molecular complexity index is 532. The molecule has 2 rings (SSSR count). The second kappa shape index (κ2) is 6.71. The average Bonchev–Trinajstić information content (AvgIpc) is 2.90. The fourth-order valence-corrected chi connectivity index (χ4v) is 3.81. The van der Waals surface area contributed by atoms with E-state index in [4.69, 9.17) is 11.6 Å². The Morgan fingerprint density at radius 3 is 2.48 bits per heavy atom. The predicted octanol–water partition coefficient (Wildman–Crippen LogP) is 3.07. The number of thioether (sulfide) groups is 1. The predicted molar refractivity (Wildman–Crippen MR) is 84.6 cm³/mol. The first-order valence-electron chi connectivity index (χ1n) is 6.78. The lowest BCUT2D eigenvalue weighted by Gasteiger charge is -2.28. The number of carboxylic acids is 1. The van der Waals surface area contributed by atoms with Crippen LogP contribution in [0.4, 0.5) is 0 Å². The molecule has 1 aliphatic heterocycles. The van der Waals surface area contributed by atoms with Crippen LogP contribution in [0.2, 0.25) is 5.02 Å². The van der Waals surface area contributed by atoms with Gasteiger partial charge in [-0.25, -0.2) is 4.79 Å². The molecule has 0 aromatic heterocycles. The molecule has 0 aliphatic carbocycles. The molecule has 0 bridgehead atoms. The number of carboxylic acid groups (broad SMARTS) is 1. The van der Waals surface area contributed by atoms with Crippen LogP contribution in [-0.4, -0.2) is 39.6 Å². The van der Waals surface area contributed by atoms with Crippen LogP contribution in [0.25, 0.3) is 0 Å². The third-order valence-corrected chi connectivity index (χ3v) is 4.88. The van der Waals surface area contributed by atoms with Crippen LogP contribution in [0.3, 0.4) is 0 Å². The van der Waals surface area contributed by atoms with Crippen molar-refractivity contribution < 1.29 is 14.7 Å². The van der Waals surface area contributed by atoms with Gasteiger partial charge in [-0.15, -0.1) is 11.8 Å². The molecule has 0 radical (unpaired) electrons. The van der Waals surface area contributed by atoms with Crippen molar-refractivity contribution in [1.82, 2.24) is 4.90 Å². The number of nitrogens with zero attached hydrogens (tertiary/aromatic N) is 1. The fraction of sp³-hybridized carbons (Fsp3) is 0.467. The Hall–Kier alpha value is -1.20. The van der Waals surface area contributed by atoms with Gasteiger partial charge in [-0.1, -0.05) is 37.6 Å². The smallest absolute Gasteiger partial charge is 0.327 e. The highest BCUT2D eigenvalue weighted by Gasteiger charge is 2.38. The summed E-state index contributed by atoms with van der Waals surface area (Å²) >= 11 is 7.37. The highest BCUT2D eigenvalue weighted by Crippen LogP contribution is 2.32. The van der Waals surface area contributed by atoms with Gasteiger partial charge in [0.05, 0.1) is 11.8 Å². The molecule has 2 unspecified atom stereocenters. The lowest BCUT2D eigenvalue weighted by molar-refractivity contribution is -0.148. The van der Waals surface area contributed by atoms with E-state index in [2.05, 4.69) is 0 Å². The standard InChI is InChI=1S/C15H18ClNO3S/c1-9(2)13(10-3-5-11(16)6-4-10)14(18)17-8-21-7-12(17)15(19)20/h3-6,9,12-13H,7-8H2,1-2H3,(H,19,20). The van der Waals surface area contributed by atoms with Crippen molar-refractivity contribution in [3.05, 3.63) is 34.9 Å². The Kier molecular flexibility index (Phi) is 5.17. The normalized spacial score (nSPS) is 19.8. The molecular formula is C15H18ClNO3S. The van der Waals surface area contributed by atoms with Crippen molar-refractivity contribution in [3.8, 4) is 0 Å². The highest BCUT2D eigenvalue weighted by molar-refractivity contribution is 7.99. The second-order valence-electron chi connectivity index (χ2n) is 5.44. The van der Waals surface area contributed by atoms with Crippen LogP contribution in [0.1, 0.15) is 25.3 Å². The van der Waals surface area contributed by atoms with E-state index in [0.29, 0.717) is 16.7 Å². The van der Waals surface area contributed by atoms with Crippen LogP contribution < -0.4 is 0 Å². The number of benzene rings is 1. The number of hydrogen-bond donors (Lipinski definition) is 1. The van der Waals surface area contributed by atoms with Crippen LogP contribution in [0.5, 0.6) is 0 Å². The molecule has 0 spiro atoms. The number of carbonyl (C=O) groups is 2. The first-order chi connectivity index (χ1) is 9.91. The molecule has 21 heavy (non-hydrogen) atoms. The fourth-order valence-electron chi connectivity index (χ4n) is 2.53. The zero-order valence-electron chi connectivity index (χ0n) is 12.0. The highest BCUT2D eigenvalue weighted by atomic mass is 35.5. The van der Waals surface area contributed by atoms with E-state index in [-0.39, 0.29) is 17.7 Å². The van der Waals surface area contributed by atoms with Gasteiger partial charge >= 0.3 is 5.97 Å². The zero-order valence-corrected chi connectivity index (χ0v) is 13.5. The SMILES string of the molecule is CC(C)C(C(=O)N1CSCC1C(=O)O)c1ccc(Cl)cc1. The van der Waals surface area contributed by atoms with Gasteiger partial charge in [0.25, 0.3) is 0 Å². The van der Waals surface area contributed by atoms with Gasteiger partial charge in [0.1, 0.15) is 6.04 Å². The summed E-state index contributed by atoms with van der Waals surface area (Å²) in [6.45, 7) is 3.94. The molecule has 1 heterocycles. The Balaban J connectivity index is 2.28. The summed E-state index contributed by atoms with van der Waals surface area (Å²) in [6.07, 6.45) is 0. The van der Waals surface area contributed by atoms with Crippen LogP contribution in [0.15, 0.2) is 24.3 Å². The molecule has 1 aromatic carbocycles. The van der Waals surface area contributed by atoms with Gasteiger partial charge in [0, 0.05) is 10.8 Å². The molecule has 1 fully saturated rings. The first kappa shape index (κ1) is 16.2. The van der Waals surface area contributed by atoms with Crippen molar-refractivity contribution in [3.63, 3.8) is 0 Å². The Morgan fingerprint density at radius 2 is 1.95 bits per heavy atom. The molecule has 0 saturated carbocycles. The average molecular weight is 328 g/mol. The molecule has 2 atom stereocenters. The van der Waals surface area contributed by atoms with Gasteiger partial charge in [0.2, 0.25) is 5.91 Å². The third-order valence-electron chi connectivity index (χ3n) is 3.61. The molecule has 1 aliphatic rings. The van der Waals surface area contributed by atoms with E-state index >= 15 is 0 Å². The minimum atomic E-state index is -0.938. The quantitative estimate of drug-likeness (QED) is 0.923. The van der Waals surface area contributed by atoms with Crippen molar-refractivity contribution in [1.29, 1.82) is 0 Å². The van der Waals surface area contributed by atoms with Gasteiger partial charge in [-0.2, -0.15) is 0 Å². The topological polar surface area (TPSA) is 57.6 Å². The minimum absolute atomic E-state index is 0.0821. The maximum absolute atomic E-state index is 12.8. The maximum Gasteiger partial charge on any atom is 0.327 e. The minimum Gasteiger partial charge on any atom is -0.480 e. The van der Waals surface area contributed by atoms with Crippen molar-refractivity contribution in [2.75, 3.05) is 11.6 Å². The summed E-state index contributed by atoms with van der Waals surface area (Å²) in [6, 6.07) is 6.46. The largest absolute Gasteiger partial charge is 0.480 e. The molecule has 1 saturated heterocycles. The lowest BCUT2D eigenvalue weighted by atomic mass is 9.87. The van der Waals surface area contributed by atoms with Gasteiger partial charge in [0.15, 0.2) is 0 Å². The summed E-state index contributed by atoms with van der Waals surface area (Å²) in [5.41, 5.74) is 0.875. The van der Waals surface area contributed by atoms with Gasteiger partial charge < -0.3 is 10.0 Å². The summed E-state index contributed by atoms with van der Waals surface area (Å²) in [4.78, 5) is 25.5. The van der Waals surface area contributed by atoms with E-state index in [1.54, 1.807) is 12.1 Å². The van der Waals surface area contributed by atoms with E-state index in [1.807, 2.05) is 26.0 Å². The summed E-state index contributed by atoms with van der Waals surface area (Å²) < 4.78 is 0. The number of amides is 1. The molecule has 1 amide bonds. The zero-order chi connectivity index (χ0) is 15.6. The molecule has 1 N–H and O–H groups in total. The Morgan fingerprint density at radius 1 is 1.33 bits per heavy atom. The number of hydrogen-bond acceptors (Lipinski definition) is 3. The van der Waals surface area contributed by atoms with Crippen LogP contribution >= 0.6 is 23.4 Å². The van der Waals surface area contributed by atoms with Crippen molar-refractivity contribution in [2.24, 2.45) is 5.92 Å². The number of carbonyl (C=O) groups excluding carboxylic acids is 1. The second-order valence-corrected chi connectivity index (χ2v) is 6.87. The van der Waals surface area contributed by atoms with Crippen LogP contribution in [-0.2, 0) is 9.59 Å². The van der Waals surface area contributed by atoms with Crippen LogP contribution in [0, 0.1) is 5.92 Å². The molecule has 1 aromatic rings. The van der Waals surface area contributed by atoms with Crippen molar-refractivity contribution >= 4 is 35.2 Å². The molecule has 4 nitrogen and oxygen atoms in total. The number of aliphatic carboxylic acids is 1. The number of rotatable bonds is 4. The van der Waals surface area contributed by atoms with E-state index in [1.165, 1.54) is 16.7 Å². The monoisotopic (exact) mass is 327 g/mol. The van der Waals surface area contributed by atoms with E-state index in [0.717, 1.165) is 5.56 Å². The molecular weight excluding hydrogens is 310 g/mol. The summed E-state index contributed by atoms with van der Waals surface area (Å²) in [7, 11) is 0. The first-order valence-corrected chi connectivity index (χ1v) is 8.31. The lowest BCUT2D eigenvalue weighted by Crippen LogP contribution is -2.44. The molecule has 6 heteroatoms. The number of halogens is 1. The maximum atomic E-state index is 12.8. The van der Waals surface area contributed by atoms with Crippen molar-refractivity contribution in [2.45, 2.75) is 25.8 Å².